The predicted molar refractivity (Wildman–Crippen MR) is 81.3 cm³/mol. The number of benzene rings is 1. The molecular weight excluding hydrogens is 342 g/mol. The number of rotatable bonds is 4. The second-order valence-electron chi connectivity index (χ2n) is 4.95. The van der Waals surface area contributed by atoms with Gasteiger partial charge >= 0.3 is 0 Å². The topological polar surface area (TPSA) is 50.1 Å². The minimum absolute atomic E-state index is 0.0970. The van der Waals surface area contributed by atoms with Crippen molar-refractivity contribution in [2.75, 3.05) is 5.33 Å². The van der Waals surface area contributed by atoms with Crippen LogP contribution in [0.1, 0.15) is 31.2 Å². The van der Waals surface area contributed by atoms with Gasteiger partial charge in [0.05, 0.1) is 28.1 Å². The Balaban J connectivity index is 1.93. The maximum absolute atomic E-state index is 11.6. The van der Waals surface area contributed by atoms with Crippen molar-refractivity contribution in [3.05, 3.63) is 28.8 Å². The highest BCUT2D eigenvalue weighted by Crippen LogP contribution is 2.32. The standard InChI is InChI=1S/C15H15BrClNO2/c16-8-14(19)11-2-4-12(5-3-11)20-15-6-1-10(9-18)7-13(15)17/h1,6-7,11-12H,2-5,8H2. The van der Waals surface area contributed by atoms with E-state index in [-0.39, 0.29) is 17.8 Å². The smallest absolute Gasteiger partial charge is 0.146 e. The lowest BCUT2D eigenvalue weighted by Crippen LogP contribution is -2.28. The molecule has 0 heterocycles. The van der Waals surface area contributed by atoms with Crippen molar-refractivity contribution in [3.8, 4) is 11.8 Å². The predicted octanol–water partition coefficient (Wildman–Crippen LogP) is 4.11. The van der Waals surface area contributed by atoms with Crippen LogP contribution < -0.4 is 4.74 Å². The van der Waals surface area contributed by atoms with Crippen molar-refractivity contribution in [1.82, 2.24) is 0 Å². The summed E-state index contributed by atoms with van der Waals surface area (Å²) >= 11 is 9.31. The molecule has 0 amide bonds. The number of alkyl halides is 1. The number of carbonyl (C=O) groups is 1. The molecule has 5 heteroatoms. The third kappa shape index (κ3) is 3.74. The third-order valence-corrected chi connectivity index (χ3v) is 4.46. The Morgan fingerprint density at radius 1 is 1.40 bits per heavy atom. The summed E-state index contributed by atoms with van der Waals surface area (Å²) in [6.45, 7) is 0. The molecule has 1 fully saturated rings. The van der Waals surface area contributed by atoms with Gasteiger partial charge in [0.1, 0.15) is 11.5 Å². The van der Waals surface area contributed by atoms with Crippen LogP contribution in [0.3, 0.4) is 0 Å². The fraction of sp³-hybridized carbons (Fsp3) is 0.467. The first kappa shape index (κ1) is 15.3. The molecule has 1 aromatic rings. The molecule has 0 spiro atoms. The van der Waals surface area contributed by atoms with Gasteiger partial charge in [-0.3, -0.25) is 4.79 Å². The highest BCUT2D eigenvalue weighted by atomic mass is 79.9. The van der Waals surface area contributed by atoms with Gasteiger partial charge in [-0.1, -0.05) is 27.5 Å². The van der Waals surface area contributed by atoms with Gasteiger partial charge in [0.25, 0.3) is 0 Å². The molecule has 1 aliphatic carbocycles. The maximum atomic E-state index is 11.6. The normalized spacial score (nSPS) is 22.1. The zero-order chi connectivity index (χ0) is 14.5. The molecule has 1 aromatic carbocycles. The summed E-state index contributed by atoms with van der Waals surface area (Å²) in [5.41, 5.74) is 0.522. The van der Waals surface area contributed by atoms with E-state index >= 15 is 0 Å². The summed E-state index contributed by atoms with van der Waals surface area (Å²) in [6, 6.07) is 7.08. The lowest BCUT2D eigenvalue weighted by Gasteiger charge is -2.28. The second-order valence-corrected chi connectivity index (χ2v) is 5.92. The van der Waals surface area contributed by atoms with Crippen LogP contribution in [0.5, 0.6) is 5.75 Å². The number of carbonyl (C=O) groups excluding carboxylic acids is 1. The highest BCUT2D eigenvalue weighted by molar-refractivity contribution is 9.09. The summed E-state index contributed by atoms with van der Waals surface area (Å²) in [6.07, 6.45) is 3.55. The zero-order valence-corrected chi connectivity index (χ0v) is 13.3. The lowest BCUT2D eigenvalue weighted by molar-refractivity contribution is -0.121. The van der Waals surface area contributed by atoms with Crippen molar-refractivity contribution in [2.45, 2.75) is 31.8 Å². The molecule has 3 nitrogen and oxygen atoms in total. The van der Waals surface area contributed by atoms with Crippen LogP contribution in [0, 0.1) is 17.2 Å². The average molecular weight is 357 g/mol. The van der Waals surface area contributed by atoms with Gasteiger partial charge in [0.2, 0.25) is 0 Å². The molecule has 20 heavy (non-hydrogen) atoms. The molecule has 0 bridgehead atoms. The van der Waals surface area contributed by atoms with E-state index in [9.17, 15) is 4.79 Å². The maximum Gasteiger partial charge on any atom is 0.146 e. The van der Waals surface area contributed by atoms with E-state index in [1.807, 2.05) is 6.07 Å². The van der Waals surface area contributed by atoms with Crippen LogP contribution in [0.4, 0.5) is 0 Å². The first-order valence-electron chi connectivity index (χ1n) is 6.59. The molecule has 0 saturated heterocycles. The van der Waals surface area contributed by atoms with Gasteiger partial charge in [0, 0.05) is 5.92 Å². The molecule has 106 valence electrons. The first-order valence-corrected chi connectivity index (χ1v) is 8.09. The van der Waals surface area contributed by atoms with Crippen molar-refractivity contribution in [1.29, 1.82) is 5.26 Å². The second kappa shape index (κ2) is 7.10. The molecule has 0 radical (unpaired) electrons. The summed E-state index contributed by atoms with van der Waals surface area (Å²) in [7, 11) is 0. The molecule has 0 atom stereocenters. The van der Waals surface area contributed by atoms with Gasteiger partial charge in [-0.15, -0.1) is 0 Å². The van der Waals surface area contributed by atoms with E-state index in [2.05, 4.69) is 15.9 Å². The SMILES string of the molecule is N#Cc1ccc(OC2CCC(C(=O)CBr)CC2)c(Cl)c1. The zero-order valence-electron chi connectivity index (χ0n) is 10.9. The lowest BCUT2D eigenvalue weighted by atomic mass is 9.85. The summed E-state index contributed by atoms with van der Waals surface area (Å²) in [5.74, 6) is 1.05. The largest absolute Gasteiger partial charge is 0.489 e. The number of hydrogen-bond donors (Lipinski definition) is 0. The summed E-state index contributed by atoms with van der Waals surface area (Å²) < 4.78 is 5.88. The Morgan fingerprint density at radius 3 is 2.65 bits per heavy atom. The number of nitrogens with zero attached hydrogens (tertiary/aromatic N) is 1. The number of ether oxygens (including phenoxy) is 1. The highest BCUT2D eigenvalue weighted by Gasteiger charge is 2.26. The fourth-order valence-corrected chi connectivity index (χ4v) is 3.14. The molecular formula is C15H15BrClNO2. The molecule has 1 aliphatic rings. The Bertz CT molecular complexity index is 533. The number of halogens is 2. The average Bonchev–Trinajstić information content (AvgIpc) is 2.49. The van der Waals surface area contributed by atoms with Crippen LogP contribution in [0.25, 0.3) is 0 Å². The van der Waals surface area contributed by atoms with Crippen LogP contribution in [-0.4, -0.2) is 17.2 Å². The third-order valence-electron chi connectivity index (χ3n) is 3.62. The number of Topliss-reactive ketones (excluding diaryl/α,β-unsaturated/α-hetero) is 1. The van der Waals surface area contributed by atoms with E-state index in [0.717, 1.165) is 25.7 Å². The Kier molecular flexibility index (Phi) is 5.45. The quantitative estimate of drug-likeness (QED) is 0.763. The van der Waals surface area contributed by atoms with E-state index in [1.165, 1.54) is 0 Å². The van der Waals surface area contributed by atoms with E-state index in [1.54, 1.807) is 18.2 Å². The molecule has 1 saturated carbocycles. The Hall–Kier alpha value is -1.05. The van der Waals surface area contributed by atoms with Crippen molar-refractivity contribution in [3.63, 3.8) is 0 Å². The van der Waals surface area contributed by atoms with E-state index < -0.39 is 0 Å². The summed E-state index contributed by atoms with van der Waals surface area (Å²) in [5, 5.41) is 9.69. The van der Waals surface area contributed by atoms with Gasteiger partial charge in [0.15, 0.2) is 0 Å². The van der Waals surface area contributed by atoms with Crippen LogP contribution >= 0.6 is 27.5 Å². The molecule has 0 unspecified atom stereocenters. The molecule has 2 rings (SSSR count). The summed E-state index contributed by atoms with van der Waals surface area (Å²) in [4.78, 5) is 11.6. The monoisotopic (exact) mass is 355 g/mol. The van der Waals surface area contributed by atoms with Gasteiger partial charge in [-0.05, 0) is 43.9 Å². The molecule has 0 aromatic heterocycles. The van der Waals surface area contributed by atoms with Crippen LogP contribution in [0.2, 0.25) is 5.02 Å². The number of nitriles is 1. The van der Waals surface area contributed by atoms with Crippen molar-refractivity contribution in [2.24, 2.45) is 5.92 Å². The minimum Gasteiger partial charge on any atom is -0.489 e. The van der Waals surface area contributed by atoms with Gasteiger partial charge < -0.3 is 4.74 Å². The molecule has 0 aliphatic heterocycles. The van der Waals surface area contributed by atoms with Gasteiger partial charge in [-0.2, -0.15) is 5.26 Å². The van der Waals surface area contributed by atoms with E-state index in [0.29, 0.717) is 21.7 Å². The van der Waals surface area contributed by atoms with Crippen LogP contribution in [0.15, 0.2) is 18.2 Å². The minimum atomic E-state index is 0.0970. The van der Waals surface area contributed by atoms with Crippen molar-refractivity contribution < 1.29 is 9.53 Å². The van der Waals surface area contributed by atoms with Crippen molar-refractivity contribution >= 4 is 33.3 Å². The fourth-order valence-electron chi connectivity index (χ4n) is 2.46. The van der Waals surface area contributed by atoms with E-state index in [4.69, 9.17) is 21.6 Å². The molecule has 0 N–H and O–H groups in total. The van der Waals surface area contributed by atoms with Gasteiger partial charge in [-0.25, -0.2) is 0 Å². The number of ketones is 1. The first-order chi connectivity index (χ1) is 9.63. The Labute approximate surface area is 132 Å². The number of hydrogen-bond acceptors (Lipinski definition) is 3. The van der Waals surface area contributed by atoms with Crippen LogP contribution in [-0.2, 0) is 4.79 Å². The Morgan fingerprint density at radius 2 is 2.10 bits per heavy atom.